The van der Waals surface area contributed by atoms with Crippen LogP contribution in [0.4, 0.5) is 0 Å². The van der Waals surface area contributed by atoms with Crippen LogP contribution in [0.3, 0.4) is 0 Å². The zero-order chi connectivity index (χ0) is 56.8. The van der Waals surface area contributed by atoms with Gasteiger partial charge in [-0.3, -0.25) is 0 Å². The Bertz CT molecular complexity index is 5230. The summed E-state index contributed by atoms with van der Waals surface area (Å²) in [5, 5.41) is 26.7. The molecule has 0 N–H and O–H groups in total. The van der Waals surface area contributed by atoms with E-state index in [-0.39, 0.29) is 0 Å². The van der Waals surface area contributed by atoms with Gasteiger partial charge >= 0.3 is 0 Å². The SMILES string of the molecule is CCc1ccc(-c2c3c(c(-c4ccc(CC)cc4)c4ccccc24)-c2ccc4c5c2c-3ccc5c2ccc3c5ccc6c7c(ccc(c75)c5c7ccccc7c4c2c35)-c2c-6c(-c3ccc(CC)cc3)c3ccccc3c2-c2ccc(CC)cc2)cc1. The number of fused-ring (bicyclic) bond motifs is 15. The second-order valence-corrected chi connectivity index (χ2v) is 24.6. The van der Waals surface area contributed by atoms with Crippen molar-refractivity contribution < 1.29 is 0 Å². The van der Waals surface area contributed by atoms with Crippen LogP contribution >= 0.6 is 0 Å². The van der Waals surface area contributed by atoms with E-state index in [4.69, 9.17) is 0 Å². The van der Waals surface area contributed by atoms with Crippen molar-refractivity contribution in [1.82, 2.24) is 0 Å². The lowest BCUT2D eigenvalue weighted by atomic mass is 9.80. The maximum Gasteiger partial charge on any atom is -0.000740 e. The molecular formula is C86H58. The molecule has 0 aliphatic heterocycles. The van der Waals surface area contributed by atoms with E-state index < -0.39 is 0 Å². The second kappa shape index (κ2) is 17.7. The van der Waals surface area contributed by atoms with Gasteiger partial charge in [0.15, 0.2) is 0 Å². The molecule has 0 nitrogen and oxygen atoms in total. The largest absolute Gasteiger partial charge is 0.0616 e. The Labute approximate surface area is 499 Å². The van der Waals surface area contributed by atoms with Crippen molar-refractivity contribution in [3.8, 4) is 89.0 Å². The van der Waals surface area contributed by atoms with Crippen molar-refractivity contribution in [2.24, 2.45) is 0 Å². The van der Waals surface area contributed by atoms with Crippen molar-refractivity contribution in [2.45, 2.75) is 53.4 Å². The molecule has 86 heavy (non-hydrogen) atoms. The Balaban J connectivity index is 0.927. The van der Waals surface area contributed by atoms with Crippen LogP contribution in [0.25, 0.3) is 197 Å². The molecule has 0 heterocycles. The zero-order valence-corrected chi connectivity index (χ0v) is 48.8. The third-order valence-corrected chi connectivity index (χ3v) is 20.7. The number of rotatable bonds is 8. The Morgan fingerprint density at radius 2 is 0.372 bits per heavy atom. The third kappa shape index (κ3) is 6.18. The maximum absolute atomic E-state index is 2.51. The third-order valence-electron chi connectivity index (χ3n) is 20.7. The molecule has 0 fully saturated rings. The van der Waals surface area contributed by atoms with E-state index >= 15 is 0 Å². The standard InChI is InChI=1S/C86H58/c1-5-47-21-29-51(30-22-47)71-55-15-9-11-17-57(55)73(53-33-25-49(7-3)26-34-53)85-69-45-43-65-75-61(39-41-67(79(69)75)83(71)85)63-37-38-64-62-40-42-68-80-70(46-44-66(76(62)80)78-60-20-14-13-19-59(60)77(65)81(63)82(64)78)86-74(54-35-27-50(8-4)28-36-54)58-18-12-10-16-56(58)72(84(68)86)52-31-23-48(6-2)24-32-52/h9-46H,5-8H2,1-4H3. The van der Waals surface area contributed by atoms with Crippen molar-refractivity contribution >= 4 is 108 Å². The lowest BCUT2D eigenvalue weighted by Gasteiger charge is -2.22. The summed E-state index contributed by atoms with van der Waals surface area (Å²) >= 11 is 0. The molecule has 17 aromatic rings. The van der Waals surface area contributed by atoms with Gasteiger partial charge < -0.3 is 0 Å². The van der Waals surface area contributed by atoms with Gasteiger partial charge in [-0.05, 0) is 245 Å². The molecule has 0 atom stereocenters. The summed E-state index contributed by atoms with van der Waals surface area (Å²) in [6.45, 7) is 9.01. The molecule has 0 saturated carbocycles. The Morgan fingerprint density at radius 3 is 0.640 bits per heavy atom. The zero-order valence-electron chi connectivity index (χ0n) is 48.8. The smallest absolute Gasteiger partial charge is 0.000740 e. The molecule has 0 aromatic heterocycles. The molecule has 0 radical (unpaired) electrons. The summed E-state index contributed by atoms with van der Waals surface area (Å²) in [5.41, 5.74) is 26.5. The minimum absolute atomic E-state index is 1.01. The summed E-state index contributed by atoms with van der Waals surface area (Å²) in [6, 6.07) is 90.5. The number of hydrogen-bond donors (Lipinski definition) is 0. The fourth-order valence-corrected chi connectivity index (χ4v) is 16.8. The van der Waals surface area contributed by atoms with Gasteiger partial charge in [0.2, 0.25) is 0 Å². The van der Waals surface area contributed by atoms with Gasteiger partial charge in [-0.2, -0.15) is 0 Å². The molecule has 0 saturated heterocycles. The minimum Gasteiger partial charge on any atom is -0.0616 e. The molecule has 2 aliphatic carbocycles. The van der Waals surface area contributed by atoms with Crippen LogP contribution in [0, 0.1) is 0 Å². The predicted octanol–water partition coefficient (Wildman–Crippen LogP) is 24.3. The topological polar surface area (TPSA) is 0 Å². The van der Waals surface area contributed by atoms with Crippen LogP contribution in [-0.4, -0.2) is 0 Å². The van der Waals surface area contributed by atoms with E-state index in [1.807, 2.05) is 0 Å². The molecule has 17 aromatic carbocycles. The molecular weight excluding hydrogens is 1030 g/mol. The molecule has 19 rings (SSSR count). The first-order valence-electron chi connectivity index (χ1n) is 31.3. The summed E-state index contributed by atoms with van der Waals surface area (Å²) in [7, 11) is 0. The first-order valence-corrected chi connectivity index (χ1v) is 31.3. The fraction of sp³-hybridized carbons (Fsp3) is 0.0930. The summed E-state index contributed by atoms with van der Waals surface area (Å²) < 4.78 is 0. The lowest BCUT2D eigenvalue weighted by molar-refractivity contribution is 1.14. The van der Waals surface area contributed by atoms with Crippen molar-refractivity contribution in [2.75, 3.05) is 0 Å². The quantitative estimate of drug-likeness (QED) is 0.105. The van der Waals surface area contributed by atoms with Gasteiger partial charge in [0.25, 0.3) is 0 Å². The first kappa shape index (κ1) is 48.3. The number of aryl methyl sites for hydroxylation is 4. The molecule has 0 unspecified atom stereocenters. The number of benzene rings is 17. The predicted molar refractivity (Wildman–Crippen MR) is 372 cm³/mol. The average molecular weight is 1090 g/mol. The average Bonchev–Trinajstić information content (AvgIpc) is 1.28. The molecule has 2 aliphatic rings. The van der Waals surface area contributed by atoms with Gasteiger partial charge in [0.1, 0.15) is 0 Å². The number of hydrogen-bond acceptors (Lipinski definition) is 0. The Hall–Kier alpha value is -10.1. The van der Waals surface area contributed by atoms with Crippen LogP contribution in [0.1, 0.15) is 49.9 Å². The summed E-state index contributed by atoms with van der Waals surface area (Å²) in [6.07, 6.45) is 4.04. The van der Waals surface area contributed by atoms with Crippen molar-refractivity contribution in [1.29, 1.82) is 0 Å². The van der Waals surface area contributed by atoms with Crippen LogP contribution < -0.4 is 0 Å². The second-order valence-electron chi connectivity index (χ2n) is 24.6. The highest BCUT2D eigenvalue weighted by Gasteiger charge is 2.36. The van der Waals surface area contributed by atoms with Gasteiger partial charge in [-0.15, -0.1) is 0 Å². The molecule has 0 heteroatoms. The lowest BCUT2D eigenvalue weighted by Crippen LogP contribution is -1.94. The molecule has 0 spiro atoms. The van der Waals surface area contributed by atoms with Gasteiger partial charge in [0.05, 0.1) is 0 Å². The van der Waals surface area contributed by atoms with Crippen LogP contribution in [-0.2, 0) is 25.7 Å². The molecule has 402 valence electrons. The van der Waals surface area contributed by atoms with Gasteiger partial charge in [0, 0.05) is 0 Å². The molecule has 0 amide bonds. The van der Waals surface area contributed by atoms with E-state index in [2.05, 4.69) is 258 Å². The minimum atomic E-state index is 1.01. The normalized spacial score (nSPS) is 12.6. The highest BCUT2D eigenvalue weighted by atomic mass is 14.4. The maximum atomic E-state index is 2.51. The van der Waals surface area contributed by atoms with Crippen molar-refractivity contribution in [3.63, 3.8) is 0 Å². The highest BCUT2D eigenvalue weighted by molar-refractivity contribution is 6.51. The molecule has 0 bridgehead atoms. The Kier molecular flexibility index (Phi) is 9.94. The summed E-state index contributed by atoms with van der Waals surface area (Å²) in [4.78, 5) is 0. The van der Waals surface area contributed by atoms with Gasteiger partial charge in [-0.25, -0.2) is 0 Å². The Morgan fingerprint density at radius 1 is 0.163 bits per heavy atom. The fourth-order valence-electron chi connectivity index (χ4n) is 16.8. The van der Waals surface area contributed by atoms with E-state index in [0.29, 0.717) is 0 Å². The van der Waals surface area contributed by atoms with Crippen LogP contribution in [0.2, 0.25) is 0 Å². The van der Waals surface area contributed by atoms with E-state index in [9.17, 15) is 0 Å². The van der Waals surface area contributed by atoms with Crippen LogP contribution in [0.15, 0.2) is 231 Å². The van der Waals surface area contributed by atoms with Crippen LogP contribution in [0.5, 0.6) is 0 Å². The highest BCUT2D eigenvalue weighted by Crippen LogP contribution is 2.63. The van der Waals surface area contributed by atoms with E-state index in [1.54, 1.807) is 0 Å². The van der Waals surface area contributed by atoms with E-state index in [0.717, 1.165) is 25.7 Å². The first-order chi connectivity index (χ1) is 42.5. The van der Waals surface area contributed by atoms with Crippen molar-refractivity contribution in [3.05, 3.63) is 253 Å². The summed E-state index contributed by atoms with van der Waals surface area (Å²) in [5.74, 6) is 0. The van der Waals surface area contributed by atoms with E-state index in [1.165, 1.54) is 219 Å². The monoisotopic (exact) mass is 1090 g/mol. The van der Waals surface area contributed by atoms with Gasteiger partial charge in [-0.1, -0.05) is 258 Å².